The Bertz CT molecular complexity index is 555. The van der Waals surface area contributed by atoms with E-state index >= 15 is 0 Å². The van der Waals surface area contributed by atoms with Crippen LogP contribution in [0.2, 0.25) is 0 Å². The van der Waals surface area contributed by atoms with Gasteiger partial charge in [-0.25, -0.2) is 0 Å². The first-order chi connectivity index (χ1) is 13.7. The van der Waals surface area contributed by atoms with E-state index in [1.54, 1.807) is 0 Å². The summed E-state index contributed by atoms with van der Waals surface area (Å²) in [5.74, 6) is 1.78. The number of nitrogens with zero attached hydrogens (tertiary/aromatic N) is 1. The molecule has 28 heavy (non-hydrogen) atoms. The molecule has 0 bridgehead atoms. The summed E-state index contributed by atoms with van der Waals surface area (Å²) in [6, 6.07) is 8.31. The summed E-state index contributed by atoms with van der Waals surface area (Å²) >= 11 is 0. The molecule has 1 saturated heterocycles. The second-order valence-electron chi connectivity index (χ2n) is 7.31. The minimum atomic E-state index is 0.202. The van der Waals surface area contributed by atoms with Gasteiger partial charge in [-0.1, -0.05) is 12.1 Å². The maximum atomic E-state index is 5.69. The number of rotatable bonds is 12. The standard InChI is InChI=1S/C22H37N3O3/c1-4-23-22(24-13-6-15-26-17-21-7-5-16-27-21)25-14-12-19-8-10-20(11-9-19)28-18(2)3/h8-11,18,21H,4-7,12-17H2,1-3H3,(H2,23,24,25). The SMILES string of the molecule is CCNC(=NCCCOCC1CCCO1)NCCc1ccc(OC(C)C)cc1. The van der Waals surface area contributed by atoms with E-state index in [0.29, 0.717) is 12.7 Å². The van der Waals surface area contributed by atoms with E-state index in [1.165, 1.54) is 5.56 Å². The molecule has 1 aromatic rings. The monoisotopic (exact) mass is 391 g/mol. The van der Waals surface area contributed by atoms with E-state index in [2.05, 4.69) is 34.7 Å². The highest BCUT2D eigenvalue weighted by Gasteiger charge is 2.14. The van der Waals surface area contributed by atoms with Crippen molar-refractivity contribution in [2.75, 3.05) is 39.5 Å². The van der Waals surface area contributed by atoms with Crippen LogP contribution < -0.4 is 15.4 Å². The van der Waals surface area contributed by atoms with E-state index in [-0.39, 0.29) is 6.10 Å². The third-order valence-corrected chi connectivity index (χ3v) is 4.39. The molecule has 0 aliphatic carbocycles. The zero-order valence-corrected chi connectivity index (χ0v) is 17.7. The maximum Gasteiger partial charge on any atom is 0.191 e. The Morgan fingerprint density at radius 2 is 2.07 bits per heavy atom. The summed E-state index contributed by atoms with van der Waals surface area (Å²) in [6.45, 7) is 10.9. The molecule has 0 spiro atoms. The van der Waals surface area contributed by atoms with Gasteiger partial charge < -0.3 is 24.8 Å². The molecule has 6 nitrogen and oxygen atoms in total. The lowest BCUT2D eigenvalue weighted by molar-refractivity contribution is 0.0171. The van der Waals surface area contributed by atoms with Crippen LogP contribution in [0.4, 0.5) is 0 Å². The van der Waals surface area contributed by atoms with Crippen molar-refractivity contribution in [3.63, 3.8) is 0 Å². The van der Waals surface area contributed by atoms with E-state index in [9.17, 15) is 0 Å². The van der Waals surface area contributed by atoms with E-state index in [4.69, 9.17) is 14.2 Å². The van der Waals surface area contributed by atoms with E-state index < -0.39 is 0 Å². The summed E-state index contributed by atoms with van der Waals surface area (Å²) in [5.41, 5.74) is 1.28. The smallest absolute Gasteiger partial charge is 0.191 e. The van der Waals surface area contributed by atoms with Crippen LogP contribution in [0.3, 0.4) is 0 Å². The fourth-order valence-electron chi connectivity index (χ4n) is 3.02. The summed E-state index contributed by atoms with van der Waals surface area (Å²) in [6.07, 6.45) is 4.64. The van der Waals surface area contributed by atoms with Crippen molar-refractivity contribution in [3.8, 4) is 5.75 Å². The van der Waals surface area contributed by atoms with Crippen molar-refractivity contribution in [3.05, 3.63) is 29.8 Å². The molecule has 1 aliphatic heterocycles. The highest BCUT2D eigenvalue weighted by atomic mass is 16.5. The number of ether oxygens (including phenoxy) is 3. The predicted molar refractivity (Wildman–Crippen MR) is 114 cm³/mol. The highest BCUT2D eigenvalue weighted by molar-refractivity contribution is 5.79. The first kappa shape index (κ1) is 22.5. The average Bonchev–Trinajstić information content (AvgIpc) is 3.19. The lowest BCUT2D eigenvalue weighted by Crippen LogP contribution is -2.38. The van der Waals surface area contributed by atoms with Crippen molar-refractivity contribution in [2.45, 2.75) is 58.7 Å². The Morgan fingerprint density at radius 1 is 1.25 bits per heavy atom. The van der Waals surface area contributed by atoms with Crippen LogP contribution in [0.1, 0.15) is 45.6 Å². The zero-order valence-electron chi connectivity index (χ0n) is 17.7. The van der Waals surface area contributed by atoms with Crippen LogP contribution >= 0.6 is 0 Å². The molecule has 1 atom stereocenters. The molecular weight excluding hydrogens is 354 g/mol. The van der Waals surface area contributed by atoms with Gasteiger partial charge in [-0.3, -0.25) is 4.99 Å². The van der Waals surface area contributed by atoms with Crippen molar-refractivity contribution in [1.29, 1.82) is 0 Å². The van der Waals surface area contributed by atoms with Gasteiger partial charge in [-0.2, -0.15) is 0 Å². The summed E-state index contributed by atoms with van der Waals surface area (Å²) < 4.78 is 16.9. The average molecular weight is 392 g/mol. The minimum absolute atomic E-state index is 0.202. The molecule has 1 heterocycles. The number of nitrogens with one attached hydrogen (secondary N) is 2. The molecule has 0 amide bonds. The Kier molecular flexibility index (Phi) is 10.8. The number of aliphatic imine (C=N–C) groups is 1. The normalized spacial score (nSPS) is 17.1. The number of hydrogen-bond donors (Lipinski definition) is 2. The molecule has 2 N–H and O–H groups in total. The fourth-order valence-corrected chi connectivity index (χ4v) is 3.02. The minimum Gasteiger partial charge on any atom is -0.491 e. The molecule has 6 heteroatoms. The van der Waals surface area contributed by atoms with Gasteiger partial charge in [0.2, 0.25) is 0 Å². The van der Waals surface area contributed by atoms with Crippen molar-refractivity contribution >= 4 is 5.96 Å². The van der Waals surface area contributed by atoms with Gasteiger partial charge in [-0.05, 0) is 64.2 Å². The lowest BCUT2D eigenvalue weighted by atomic mass is 10.1. The van der Waals surface area contributed by atoms with Gasteiger partial charge in [0.05, 0.1) is 18.8 Å². The number of guanidine groups is 1. The van der Waals surface area contributed by atoms with Crippen LogP contribution in [-0.4, -0.2) is 57.6 Å². The molecule has 1 aromatic carbocycles. The van der Waals surface area contributed by atoms with Crippen molar-refractivity contribution in [2.24, 2.45) is 4.99 Å². The molecule has 2 rings (SSSR count). The summed E-state index contributed by atoms with van der Waals surface area (Å²) in [7, 11) is 0. The molecule has 158 valence electrons. The van der Waals surface area contributed by atoms with Gasteiger partial charge in [0.15, 0.2) is 5.96 Å². The predicted octanol–water partition coefficient (Wildman–Crippen LogP) is 3.16. The number of hydrogen-bond acceptors (Lipinski definition) is 4. The van der Waals surface area contributed by atoms with Crippen LogP contribution in [0.5, 0.6) is 5.75 Å². The molecule has 1 fully saturated rings. The van der Waals surface area contributed by atoms with Crippen LogP contribution in [0.15, 0.2) is 29.3 Å². The zero-order chi connectivity index (χ0) is 20.0. The molecule has 0 saturated carbocycles. The van der Waals surface area contributed by atoms with Crippen molar-refractivity contribution in [1.82, 2.24) is 10.6 Å². The quantitative estimate of drug-likeness (QED) is 0.326. The van der Waals surface area contributed by atoms with Gasteiger partial charge in [0, 0.05) is 32.8 Å². The fraction of sp³-hybridized carbons (Fsp3) is 0.682. The Morgan fingerprint density at radius 3 is 2.75 bits per heavy atom. The molecule has 0 aromatic heterocycles. The van der Waals surface area contributed by atoms with Crippen molar-refractivity contribution < 1.29 is 14.2 Å². The second-order valence-corrected chi connectivity index (χ2v) is 7.31. The largest absolute Gasteiger partial charge is 0.491 e. The second kappa shape index (κ2) is 13.4. The third kappa shape index (κ3) is 9.42. The van der Waals surface area contributed by atoms with Gasteiger partial charge in [0.25, 0.3) is 0 Å². The third-order valence-electron chi connectivity index (χ3n) is 4.39. The maximum absolute atomic E-state index is 5.69. The van der Waals surface area contributed by atoms with Gasteiger partial charge >= 0.3 is 0 Å². The summed E-state index contributed by atoms with van der Waals surface area (Å²) in [5, 5.41) is 6.69. The van der Waals surface area contributed by atoms with Gasteiger partial charge in [0.1, 0.15) is 5.75 Å². The van der Waals surface area contributed by atoms with Crippen LogP contribution in [0.25, 0.3) is 0 Å². The lowest BCUT2D eigenvalue weighted by Gasteiger charge is -2.13. The Hall–Kier alpha value is -1.79. The molecule has 0 radical (unpaired) electrons. The van der Waals surface area contributed by atoms with Crippen LogP contribution in [-0.2, 0) is 15.9 Å². The Balaban J connectivity index is 1.61. The van der Waals surface area contributed by atoms with Crippen LogP contribution in [0, 0.1) is 0 Å². The molecule has 1 unspecified atom stereocenters. The van der Waals surface area contributed by atoms with E-state index in [0.717, 1.165) is 70.2 Å². The highest BCUT2D eigenvalue weighted by Crippen LogP contribution is 2.14. The number of benzene rings is 1. The topological polar surface area (TPSA) is 64.1 Å². The summed E-state index contributed by atoms with van der Waals surface area (Å²) in [4.78, 5) is 4.62. The first-order valence-electron chi connectivity index (χ1n) is 10.6. The first-order valence-corrected chi connectivity index (χ1v) is 10.6. The molecule has 1 aliphatic rings. The Labute approximate surface area is 170 Å². The van der Waals surface area contributed by atoms with Gasteiger partial charge in [-0.15, -0.1) is 0 Å². The van der Waals surface area contributed by atoms with E-state index in [1.807, 2.05) is 26.0 Å². The molecular formula is C22H37N3O3.